The number of rotatable bonds is 8. The minimum atomic E-state index is -0.724. The highest BCUT2D eigenvalue weighted by atomic mass is 35.5. The van der Waals surface area contributed by atoms with Gasteiger partial charge in [0.25, 0.3) is 11.8 Å². The molecule has 0 fully saturated rings. The lowest BCUT2D eigenvalue weighted by Crippen LogP contribution is -2.43. The number of carbonyl (C=O) groups excluding carboxylic acids is 2. The Balaban J connectivity index is 1.65. The summed E-state index contributed by atoms with van der Waals surface area (Å²) >= 11 is 6.22. The number of benzene rings is 3. The van der Waals surface area contributed by atoms with Crippen molar-refractivity contribution >= 4 is 29.1 Å². The molecule has 0 radical (unpaired) electrons. The molecular weight excluding hydrogens is 488 g/mol. The number of nitrogens with zero attached hydrogens (tertiary/aromatic N) is 3. The Labute approximate surface area is 212 Å². The van der Waals surface area contributed by atoms with E-state index in [0.717, 1.165) is 0 Å². The highest BCUT2D eigenvalue weighted by Gasteiger charge is 2.36. The van der Waals surface area contributed by atoms with Gasteiger partial charge in [0, 0.05) is 25.6 Å². The number of halogens is 3. The third-order valence-electron chi connectivity index (χ3n) is 5.89. The smallest absolute Gasteiger partial charge is 0.262 e. The maximum atomic E-state index is 14.7. The molecule has 1 atom stereocenters. The van der Waals surface area contributed by atoms with Crippen molar-refractivity contribution in [1.82, 2.24) is 9.91 Å². The van der Waals surface area contributed by atoms with Crippen molar-refractivity contribution in [3.63, 3.8) is 0 Å². The topological polar surface area (TPSA) is 62.2 Å². The first-order chi connectivity index (χ1) is 17.4. The predicted octanol–water partition coefficient (Wildman–Crippen LogP) is 5.08. The summed E-state index contributed by atoms with van der Waals surface area (Å²) in [5.74, 6) is -1.81. The summed E-state index contributed by atoms with van der Waals surface area (Å²) in [7, 11) is 1.49. The predicted molar refractivity (Wildman–Crippen MR) is 133 cm³/mol. The van der Waals surface area contributed by atoms with Crippen LogP contribution in [-0.2, 0) is 9.53 Å². The van der Waals surface area contributed by atoms with Gasteiger partial charge in [0.1, 0.15) is 18.2 Å². The summed E-state index contributed by atoms with van der Waals surface area (Å²) in [4.78, 5) is 28.1. The van der Waals surface area contributed by atoms with E-state index in [1.54, 1.807) is 54.6 Å². The highest BCUT2D eigenvalue weighted by Crippen LogP contribution is 2.34. The highest BCUT2D eigenvalue weighted by molar-refractivity contribution is 6.33. The zero-order valence-corrected chi connectivity index (χ0v) is 20.3. The molecule has 1 heterocycles. The third kappa shape index (κ3) is 5.61. The van der Waals surface area contributed by atoms with E-state index in [2.05, 4.69) is 5.10 Å². The molecule has 2 amide bonds. The van der Waals surface area contributed by atoms with E-state index in [-0.39, 0.29) is 36.7 Å². The summed E-state index contributed by atoms with van der Waals surface area (Å²) in [6.07, 6.45) is 0.231. The standard InChI is InChI=1S/C27H24ClF2N3O3/c1-36-15-14-32(27(35)20-6-2-4-8-22(20)28)17-26(34)33-25(21-7-3-5-9-23(21)30)16-24(31-33)18-10-12-19(29)13-11-18/h2-13,25H,14-17H2,1H3. The van der Waals surface area contributed by atoms with Gasteiger partial charge in [-0.1, -0.05) is 54.1 Å². The molecule has 6 nitrogen and oxygen atoms in total. The van der Waals surface area contributed by atoms with E-state index in [1.807, 2.05) is 0 Å². The summed E-state index contributed by atoms with van der Waals surface area (Å²) in [5, 5.41) is 5.95. The lowest BCUT2D eigenvalue weighted by atomic mass is 9.98. The van der Waals surface area contributed by atoms with Crippen LogP contribution in [-0.4, -0.2) is 54.2 Å². The monoisotopic (exact) mass is 511 g/mol. The van der Waals surface area contributed by atoms with Gasteiger partial charge in [-0.3, -0.25) is 9.59 Å². The Morgan fingerprint density at radius 2 is 1.75 bits per heavy atom. The molecule has 0 aromatic heterocycles. The first-order valence-electron chi connectivity index (χ1n) is 11.3. The fourth-order valence-electron chi connectivity index (χ4n) is 4.04. The number of amides is 2. The molecule has 0 N–H and O–H groups in total. The molecule has 9 heteroatoms. The van der Waals surface area contributed by atoms with Crippen LogP contribution in [0.2, 0.25) is 5.02 Å². The lowest BCUT2D eigenvalue weighted by Gasteiger charge is -2.27. The van der Waals surface area contributed by atoms with Gasteiger partial charge in [-0.15, -0.1) is 0 Å². The lowest BCUT2D eigenvalue weighted by molar-refractivity contribution is -0.133. The van der Waals surface area contributed by atoms with Crippen LogP contribution in [0.15, 0.2) is 77.9 Å². The largest absolute Gasteiger partial charge is 0.383 e. The molecule has 1 aliphatic rings. The van der Waals surface area contributed by atoms with Crippen LogP contribution in [0.4, 0.5) is 8.78 Å². The average molecular weight is 512 g/mol. The van der Waals surface area contributed by atoms with Crippen LogP contribution in [0.1, 0.15) is 33.9 Å². The summed E-state index contributed by atoms with van der Waals surface area (Å²) in [6, 6.07) is 17.7. The summed E-state index contributed by atoms with van der Waals surface area (Å²) < 4.78 is 33.3. The van der Waals surface area contributed by atoms with Gasteiger partial charge in [0.05, 0.1) is 28.9 Å². The van der Waals surface area contributed by atoms with E-state index in [0.29, 0.717) is 16.8 Å². The van der Waals surface area contributed by atoms with E-state index < -0.39 is 29.5 Å². The van der Waals surface area contributed by atoms with Crippen LogP contribution < -0.4 is 0 Å². The zero-order chi connectivity index (χ0) is 25.7. The number of ether oxygens (including phenoxy) is 1. The van der Waals surface area contributed by atoms with Crippen molar-refractivity contribution in [3.8, 4) is 0 Å². The van der Waals surface area contributed by atoms with Crippen molar-refractivity contribution in [3.05, 3.63) is 106 Å². The number of hydrogen-bond donors (Lipinski definition) is 0. The van der Waals surface area contributed by atoms with Crippen LogP contribution in [0.5, 0.6) is 0 Å². The van der Waals surface area contributed by atoms with E-state index in [4.69, 9.17) is 16.3 Å². The molecule has 36 heavy (non-hydrogen) atoms. The zero-order valence-electron chi connectivity index (χ0n) is 19.5. The van der Waals surface area contributed by atoms with E-state index in [1.165, 1.54) is 35.2 Å². The normalized spacial score (nSPS) is 15.1. The molecule has 1 unspecified atom stereocenters. The Bertz CT molecular complexity index is 1280. The number of hydrazone groups is 1. The van der Waals surface area contributed by atoms with Gasteiger partial charge in [0.15, 0.2) is 0 Å². The SMILES string of the molecule is COCCN(CC(=O)N1N=C(c2ccc(F)cc2)CC1c1ccccc1F)C(=O)c1ccccc1Cl. The molecule has 0 aliphatic carbocycles. The molecule has 186 valence electrons. The van der Waals surface area contributed by atoms with Crippen molar-refractivity contribution in [2.75, 3.05) is 26.8 Å². The van der Waals surface area contributed by atoms with Crippen LogP contribution in [0.3, 0.4) is 0 Å². The minimum Gasteiger partial charge on any atom is -0.383 e. The molecule has 3 aromatic carbocycles. The van der Waals surface area contributed by atoms with Crippen molar-refractivity contribution < 1.29 is 23.1 Å². The van der Waals surface area contributed by atoms with Crippen LogP contribution in [0.25, 0.3) is 0 Å². The maximum absolute atomic E-state index is 14.7. The second-order valence-corrected chi connectivity index (χ2v) is 8.64. The van der Waals surface area contributed by atoms with Crippen molar-refractivity contribution in [2.24, 2.45) is 5.10 Å². The van der Waals surface area contributed by atoms with E-state index in [9.17, 15) is 18.4 Å². The van der Waals surface area contributed by atoms with Gasteiger partial charge in [-0.2, -0.15) is 5.10 Å². The summed E-state index contributed by atoms with van der Waals surface area (Å²) in [6.45, 7) is 0.0158. The Morgan fingerprint density at radius 1 is 1.06 bits per heavy atom. The molecule has 0 saturated carbocycles. The molecule has 0 bridgehead atoms. The minimum absolute atomic E-state index is 0.138. The number of hydrogen-bond acceptors (Lipinski definition) is 4. The first kappa shape index (κ1) is 25.5. The van der Waals surface area contributed by atoms with Crippen LogP contribution >= 0.6 is 11.6 Å². The van der Waals surface area contributed by atoms with Gasteiger partial charge in [-0.25, -0.2) is 13.8 Å². The summed E-state index contributed by atoms with van der Waals surface area (Å²) in [5.41, 5.74) is 1.69. The Hall–Kier alpha value is -3.62. The first-order valence-corrected chi connectivity index (χ1v) is 11.7. The molecule has 0 spiro atoms. The van der Waals surface area contributed by atoms with Gasteiger partial charge >= 0.3 is 0 Å². The second-order valence-electron chi connectivity index (χ2n) is 8.23. The number of methoxy groups -OCH3 is 1. The Kier molecular flexibility index (Phi) is 8.07. The van der Waals surface area contributed by atoms with Crippen molar-refractivity contribution in [2.45, 2.75) is 12.5 Å². The van der Waals surface area contributed by atoms with Crippen molar-refractivity contribution in [1.29, 1.82) is 0 Å². The molecular formula is C27H24ClF2N3O3. The van der Waals surface area contributed by atoms with E-state index >= 15 is 0 Å². The molecule has 1 aliphatic heterocycles. The van der Waals surface area contributed by atoms with Gasteiger partial charge in [-0.05, 0) is 35.9 Å². The van der Waals surface area contributed by atoms with Gasteiger partial charge in [0.2, 0.25) is 0 Å². The second kappa shape index (κ2) is 11.4. The third-order valence-corrected chi connectivity index (χ3v) is 6.22. The average Bonchev–Trinajstić information content (AvgIpc) is 3.32. The fourth-order valence-corrected chi connectivity index (χ4v) is 4.26. The molecule has 0 saturated heterocycles. The quantitative estimate of drug-likeness (QED) is 0.423. The van der Waals surface area contributed by atoms with Crippen LogP contribution in [0, 0.1) is 11.6 Å². The molecule has 4 rings (SSSR count). The Morgan fingerprint density at radius 3 is 2.44 bits per heavy atom. The number of carbonyl (C=O) groups is 2. The molecule has 3 aromatic rings. The fraction of sp³-hybridized carbons (Fsp3) is 0.222. The van der Waals surface area contributed by atoms with Gasteiger partial charge < -0.3 is 9.64 Å². The maximum Gasteiger partial charge on any atom is 0.262 e.